The Kier molecular flexibility index (Phi) is 10.6. The normalized spacial score (nSPS) is 10.9. The van der Waals surface area contributed by atoms with Crippen LogP contribution in [0, 0.1) is 0 Å². The van der Waals surface area contributed by atoms with Crippen molar-refractivity contribution in [2.45, 2.75) is 84.5 Å². The first kappa shape index (κ1) is 21.5. The summed E-state index contributed by atoms with van der Waals surface area (Å²) in [5.41, 5.74) is 3.54. The zero-order chi connectivity index (χ0) is 19.2. The first-order chi connectivity index (χ1) is 13.3. The van der Waals surface area contributed by atoms with E-state index in [2.05, 4.69) is 55.2 Å². The Hall–Kier alpha value is -1.83. The number of benzene rings is 1. The van der Waals surface area contributed by atoms with Crippen molar-refractivity contribution in [2.75, 3.05) is 6.61 Å². The number of nitrogens with zero attached hydrogens (tertiary/aromatic N) is 1. The highest BCUT2D eigenvalue weighted by molar-refractivity contribution is 5.60. The highest BCUT2D eigenvalue weighted by atomic mass is 16.5. The fourth-order valence-corrected chi connectivity index (χ4v) is 3.29. The summed E-state index contributed by atoms with van der Waals surface area (Å²) < 4.78 is 5.85. The maximum atomic E-state index is 5.85. The van der Waals surface area contributed by atoms with Gasteiger partial charge in [-0.05, 0) is 55.2 Å². The number of pyridine rings is 1. The zero-order valence-corrected chi connectivity index (χ0v) is 17.4. The van der Waals surface area contributed by atoms with Crippen molar-refractivity contribution in [3.8, 4) is 17.0 Å². The van der Waals surface area contributed by atoms with Crippen molar-refractivity contribution in [3.63, 3.8) is 0 Å². The highest BCUT2D eigenvalue weighted by Crippen LogP contribution is 2.21. The number of hydrogen-bond donors (Lipinski definition) is 0. The molecule has 1 aromatic heterocycles. The Morgan fingerprint density at radius 1 is 0.704 bits per heavy atom. The van der Waals surface area contributed by atoms with E-state index in [4.69, 9.17) is 4.74 Å². The van der Waals surface area contributed by atoms with Crippen LogP contribution in [-0.2, 0) is 6.42 Å². The molecule has 0 unspecified atom stereocenters. The average Bonchev–Trinajstić information content (AvgIpc) is 2.71. The fraction of sp³-hybridized carbons (Fsp3) is 0.560. The van der Waals surface area contributed by atoms with Gasteiger partial charge in [-0.25, -0.2) is 0 Å². The second-order valence-electron chi connectivity index (χ2n) is 7.50. The van der Waals surface area contributed by atoms with Crippen molar-refractivity contribution >= 4 is 0 Å². The van der Waals surface area contributed by atoms with Crippen LogP contribution in [0.3, 0.4) is 0 Å². The molecular weight excluding hydrogens is 330 g/mol. The molecule has 0 saturated heterocycles. The molecule has 1 heterocycles. The van der Waals surface area contributed by atoms with Crippen LogP contribution < -0.4 is 4.74 Å². The molecule has 0 bridgehead atoms. The molecule has 0 spiro atoms. The van der Waals surface area contributed by atoms with Gasteiger partial charge < -0.3 is 4.74 Å². The maximum absolute atomic E-state index is 5.85. The van der Waals surface area contributed by atoms with E-state index in [0.717, 1.165) is 36.5 Å². The predicted octanol–water partition coefficient (Wildman–Crippen LogP) is 7.61. The van der Waals surface area contributed by atoms with E-state index in [-0.39, 0.29) is 0 Å². The Bertz CT molecular complexity index is 603. The fourth-order valence-electron chi connectivity index (χ4n) is 3.29. The van der Waals surface area contributed by atoms with Crippen molar-refractivity contribution in [2.24, 2.45) is 0 Å². The zero-order valence-electron chi connectivity index (χ0n) is 17.4. The van der Waals surface area contributed by atoms with Crippen molar-refractivity contribution < 1.29 is 4.74 Å². The molecule has 27 heavy (non-hydrogen) atoms. The van der Waals surface area contributed by atoms with Crippen LogP contribution in [0.15, 0.2) is 42.6 Å². The Morgan fingerprint density at radius 3 is 2.00 bits per heavy atom. The largest absolute Gasteiger partial charge is 0.494 e. The lowest BCUT2D eigenvalue weighted by Crippen LogP contribution is -1.97. The van der Waals surface area contributed by atoms with Crippen LogP contribution in [0.5, 0.6) is 5.75 Å². The van der Waals surface area contributed by atoms with Gasteiger partial charge in [-0.3, -0.25) is 4.98 Å². The second kappa shape index (κ2) is 13.4. The van der Waals surface area contributed by atoms with E-state index in [1.54, 1.807) is 0 Å². The Morgan fingerprint density at radius 2 is 1.37 bits per heavy atom. The lowest BCUT2D eigenvalue weighted by Gasteiger charge is -2.08. The summed E-state index contributed by atoms with van der Waals surface area (Å²) in [6, 6.07) is 12.7. The molecule has 0 aliphatic carbocycles. The smallest absolute Gasteiger partial charge is 0.119 e. The van der Waals surface area contributed by atoms with Crippen LogP contribution in [0.25, 0.3) is 11.3 Å². The summed E-state index contributed by atoms with van der Waals surface area (Å²) in [5.74, 6) is 0.956. The van der Waals surface area contributed by atoms with Crippen molar-refractivity contribution in [1.29, 1.82) is 0 Å². The average molecular weight is 368 g/mol. The van der Waals surface area contributed by atoms with E-state index in [9.17, 15) is 0 Å². The summed E-state index contributed by atoms with van der Waals surface area (Å²) in [6.45, 7) is 5.32. The molecule has 0 aliphatic heterocycles. The quantitative estimate of drug-likeness (QED) is 0.320. The Balaban J connectivity index is 1.74. The maximum Gasteiger partial charge on any atom is 0.119 e. The molecule has 0 amide bonds. The lowest BCUT2D eigenvalue weighted by atomic mass is 10.1. The van der Waals surface area contributed by atoms with Gasteiger partial charge in [-0.1, -0.05) is 71.3 Å². The third-order valence-electron chi connectivity index (χ3n) is 5.06. The van der Waals surface area contributed by atoms with Crippen molar-refractivity contribution in [1.82, 2.24) is 4.98 Å². The van der Waals surface area contributed by atoms with Crippen LogP contribution in [0.1, 0.15) is 83.6 Å². The van der Waals surface area contributed by atoms with E-state index in [1.165, 1.54) is 63.4 Å². The molecule has 2 rings (SSSR count). The van der Waals surface area contributed by atoms with Gasteiger partial charge in [0.05, 0.1) is 12.3 Å². The first-order valence-electron chi connectivity index (χ1n) is 11.0. The van der Waals surface area contributed by atoms with E-state index >= 15 is 0 Å². The number of hydrogen-bond acceptors (Lipinski definition) is 2. The SMILES string of the molecule is CCCCCCCOc1ccc(-c2ccc(CCCCCCC)cn2)cc1. The van der Waals surface area contributed by atoms with Gasteiger partial charge in [0.25, 0.3) is 0 Å². The molecule has 0 atom stereocenters. The molecule has 0 radical (unpaired) electrons. The first-order valence-corrected chi connectivity index (χ1v) is 11.0. The molecule has 2 heteroatoms. The van der Waals surface area contributed by atoms with Gasteiger partial charge in [-0.2, -0.15) is 0 Å². The van der Waals surface area contributed by atoms with Crippen LogP contribution >= 0.6 is 0 Å². The third kappa shape index (κ3) is 8.60. The molecule has 0 aliphatic rings. The molecule has 148 valence electrons. The summed E-state index contributed by atoms with van der Waals surface area (Å²) in [5, 5.41) is 0. The number of aryl methyl sites for hydroxylation is 1. The standard InChI is InChI=1S/C25H37NO/c1-3-5-7-9-11-13-22-14-19-25(26-21-22)23-15-17-24(18-16-23)27-20-12-10-8-6-4-2/h14-19,21H,3-13,20H2,1-2H3. The van der Waals surface area contributed by atoms with Gasteiger partial charge in [0.1, 0.15) is 5.75 Å². The minimum absolute atomic E-state index is 0.814. The van der Waals surface area contributed by atoms with E-state index in [1.807, 2.05) is 6.20 Å². The number of aromatic nitrogens is 1. The summed E-state index contributed by atoms with van der Waals surface area (Å²) >= 11 is 0. The molecule has 1 aromatic carbocycles. The van der Waals surface area contributed by atoms with E-state index < -0.39 is 0 Å². The van der Waals surface area contributed by atoms with Crippen LogP contribution in [0.2, 0.25) is 0 Å². The Labute approximate surface area is 166 Å². The topological polar surface area (TPSA) is 22.1 Å². The highest BCUT2D eigenvalue weighted by Gasteiger charge is 2.02. The van der Waals surface area contributed by atoms with Crippen LogP contribution in [-0.4, -0.2) is 11.6 Å². The van der Waals surface area contributed by atoms with Gasteiger partial charge in [0.15, 0.2) is 0 Å². The summed E-state index contributed by atoms with van der Waals surface area (Å²) in [7, 11) is 0. The summed E-state index contributed by atoms with van der Waals surface area (Å²) in [4.78, 5) is 4.66. The predicted molar refractivity (Wildman–Crippen MR) is 116 cm³/mol. The monoisotopic (exact) mass is 367 g/mol. The number of ether oxygens (including phenoxy) is 1. The van der Waals surface area contributed by atoms with E-state index in [0.29, 0.717) is 0 Å². The molecule has 0 fully saturated rings. The molecule has 2 aromatic rings. The minimum atomic E-state index is 0.814. The molecule has 2 nitrogen and oxygen atoms in total. The van der Waals surface area contributed by atoms with Gasteiger partial charge in [0.2, 0.25) is 0 Å². The van der Waals surface area contributed by atoms with Crippen molar-refractivity contribution in [3.05, 3.63) is 48.2 Å². The van der Waals surface area contributed by atoms with Gasteiger partial charge >= 0.3 is 0 Å². The second-order valence-corrected chi connectivity index (χ2v) is 7.50. The minimum Gasteiger partial charge on any atom is -0.494 e. The number of unbranched alkanes of at least 4 members (excludes halogenated alkanes) is 8. The van der Waals surface area contributed by atoms with Gasteiger partial charge in [-0.15, -0.1) is 0 Å². The third-order valence-corrected chi connectivity index (χ3v) is 5.06. The molecule has 0 N–H and O–H groups in total. The molecule has 0 saturated carbocycles. The summed E-state index contributed by atoms with van der Waals surface area (Å²) in [6.07, 6.45) is 16.1. The van der Waals surface area contributed by atoms with Crippen LogP contribution in [0.4, 0.5) is 0 Å². The number of rotatable bonds is 14. The lowest BCUT2D eigenvalue weighted by molar-refractivity contribution is 0.304. The van der Waals surface area contributed by atoms with Gasteiger partial charge in [0, 0.05) is 11.8 Å². The molecular formula is C25H37NO.